The summed E-state index contributed by atoms with van der Waals surface area (Å²) in [5.41, 5.74) is 5.36. The normalized spacial score (nSPS) is 18.1. The zero-order chi connectivity index (χ0) is 22.6. The van der Waals surface area contributed by atoms with Crippen LogP contribution in [0.25, 0.3) is 11.0 Å². The van der Waals surface area contributed by atoms with Gasteiger partial charge in [-0.2, -0.15) is 0 Å². The average Bonchev–Trinajstić information content (AvgIpc) is 3.43. The fourth-order valence-corrected chi connectivity index (χ4v) is 5.80. The first-order valence-electron chi connectivity index (χ1n) is 12.8. The molecule has 2 aliphatic rings. The van der Waals surface area contributed by atoms with E-state index in [1.54, 1.807) is 11.1 Å². The second-order valence-electron chi connectivity index (χ2n) is 10.4. The Balaban J connectivity index is 1.16. The third kappa shape index (κ3) is 5.65. The van der Waals surface area contributed by atoms with Crippen molar-refractivity contribution in [1.82, 2.24) is 24.7 Å². The van der Waals surface area contributed by atoms with E-state index in [1.165, 1.54) is 51.7 Å². The van der Waals surface area contributed by atoms with E-state index >= 15 is 0 Å². The molecule has 1 aromatic heterocycles. The van der Waals surface area contributed by atoms with Gasteiger partial charge in [0.1, 0.15) is 5.82 Å². The van der Waals surface area contributed by atoms with Gasteiger partial charge in [0.25, 0.3) is 0 Å². The molecule has 2 aromatic carbocycles. The van der Waals surface area contributed by atoms with Gasteiger partial charge in [0.15, 0.2) is 0 Å². The second-order valence-corrected chi connectivity index (χ2v) is 10.4. The van der Waals surface area contributed by atoms with Crippen molar-refractivity contribution in [3.8, 4) is 0 Å². The lowest BCUT2D eigenvalue weighted by Crippen LogP contribution is -2.44. The molecule has 0 spiro atoms. The molecule has 2 heterocycles. The van der Waals surface area contributed by atoms with Crippen LogP contribution in [0.4, 0.5) is 0 Å². The van der Waals surface area contributed by atoms with Crippen LogP contribution < -0.4 is 0 Å². The number of aromatic nitrogens is 2. The van der Waals surface area contributed by atoms with Crippen LogP contribution in [0, 0.1) is 5.92 Å². The molecular formula is C28H39N5. The fraction of sp³-hybridized carbons (Fsp3) is 0.536. The van der Waals surface area contributed by atoms with E-state index in [4.69, 9.17) is 4.98 Å². The maximum absolute atomic E-state index is 4.86. The summed E-state index contributed by atoms with van der Waals surface area (Å²) in [6.07, 6.45) is 6.31. The van der Waals surface area contributed by atoms with Crippen LogP contribution in [0.5, 0.6) is 0 Å². The summed E-state index contributed by atoms with van der Waals surface area (Å²) in [7, 11) is 4.33. The number of hydrogen-bond donors (Lipinski definition) is 1. The van der Waals surface area contributed by atoms with Crippen molar-refractivity contribution in [3.05, 3.63) is 65.5 Å². The van der Waals surface area contributed by atoms with Gasteiger partial charge in [-0.25, -0.2) is 4.98 Å². The molecule has 0 amide bonds. The number of imidazole rings is 1. The molecular weight excluding hydrogens is 406 g/mol. The van der Waals surface area contributed by atoms with Gasteiger partial charge in [-0.3, -0.25) is 9.80 Å². The lowest BCUT2D eigenvalue weighted by molar-refractivity contribution is 0.108. The predicted octanol–water partition coefficient (Wildman–Crippen LogP) is 4.20. The van der Waals surface area contributed by atoms with E-state index in [2.05, 4.69) is 82.3 Å². The van der Waals surface area contributed by atoms with Crippen molar-refractivity contribution in [2.75, 3.05) is 46.8 Å². The zero-order valence-corrected chi connectivity index (χ0v) is 20.3. The Bertz CT molecular complexity index is 975. The van der Waals surface area contributed by atoms with Crippen LogP contribution in [0.2, 0.25) is 0 Å². The number of aromatic amines is 1. The van der Waals surface area contributed by atoms with Crippen molar-refractivity contribution >= 4 is 11.0 Å². The number of benzene rings is 2. The minimum atomic E-state index is 0.718. The van der Waals surface area contributed by atoms with Crippen LogP contribution >= 0.6 is 0 Å². The number of likely N-dealkylation sites (tertiary alicyclic amines) is 1. The highest BCUT2D eigenvalue weighted by Gasteiger charge is 2.30. The van der Waals surface area contributed by atoms with Gasteiger partial charge in [0.2, 0.25) is 0 Å². The Labute approximate surface area is 198 Å². The van der Waals surface area contributed by atoms with Gasteiger partial charge in [0.05, 0.1) is 17.6 Å². The molecule has 33 heavy (non-hydrogen) atoms. The van der Waals surface area contributed by atoms with E-state index < -0.39 is 0 Å². The van der Waals surface area contributed by atoms with Crippen molar-refractivity contribution in [1.29, 1.82) is 0 Å². The Morgan fingerprint density at radius 3 is 2.33 bits per heavy atom. The smallest absolute Gasteiger partial charge is 0.121 e. The van der Waals surface area contributed by atoms with Crippen LogP contribution in [-0.2, 0) is 19.4 Å². The predicted molar refractivity (Wildman–Crippen MR) is 136 cm³/mol. The molecule has 5 heteroatoms. The van der Waals surface area contributed by atoms with Gasteiger partial charge in [-0.05, 0) is 102 Å². The van der Waals surface area contributed by atoms with E-state index in [1.807, 2.05) is 0 Å². The molecule has 3 aromatic rings. The number of nitrogens with one attached hydrogen (secondary N) is 1. The van der Waals surface area contributed by atoms with Gasteiger partial charge in [-0.15, -0.1) is 0 Å². The molecule has 176 valence electrons. The highest BCUT2D eigenvalue weighted by molar-refractivity contribution is 5.74. The number of para-hydroxylation sites is 2. The summed E-state index contributed by atoms with van der Waals surface area (Å²) < 4.78 is 0. The van der Waals surface area contributed by atoms with Gasteiger partial charge < -0.3 is 9.88 Å². The first-order valence-corrected chi connectivity index (χ1v) is 12.8. The lowest BCUT2D eigenvalue weighted by Gasteiger charge is -2.37. The molecule has 1 aliphatic heterocycles. The largest absolute Gasteiger partial charge is 0.341 e. The van der Waals surface area contributed by atoms with E-state index in [-0.39, 0.29) is 0 Å². The Morgan fingerprint density at radius 2 is 1.64 bits per heavy atom. The lowest BCUT2D eigenvalue weighted by atomic mass is 9.94. The summed E-state index contributed by atoms with van der Waals surface area (Å²) in [6.45, 7) is 6.87. The first-order chi connectivity index (χ1) is 16.1. The van der Waals surface area contributed by atoms with Gasteiger partial charge in [-0.1, -0.05) is 36.4 Å². The van der Waals surface area contributed by atoms with Crippen LogP contribution in [0.3, 0.4) is 0 Å². The van der Waals surface area contributed by atoms with E-state index in [0.29, 0.717) is 0 Å². The van der Waals surface area contributed by atoms with Crippen molar-refractivity contribution in [2.45, 2.75) is 44.7 Å². The first kappa shape index (κ1) is 22.6. The monoisotopic (exact) mass is 445 g/mol. The molecule has 0 unspecified atom stereocenters. The quantitative estimate of drug-likeness (QED) is 0.536. The minimum absolute atomic E-state index is 0.718. The minimum Gasteiger partial charge on any atom is -0.341 e. The third-order valence-corrected chi connectivity index (χ3v) is 7.60. The summed E-state index contributed by atoms with van der Waals surface area (Å²) >= 11 is 0. The maximum atomic E-state index is 4.86. The van der Waals surface area contributed by atoms with Crippen LogP contribution in [0.1, 0.15) is 36.2 Å². The van der Waals surface area contributed by atoms with Gasteiger partial charge in [0, 0.05) is 12.6 Å². The summed E-state index contributed by atoms with van der Waals surface area (Å²) in [5.74, 6) is 1.89. The van der Waals surface area contributed by atoms with E-state index in [9.17, 15) is 0 Å². The third-order valence-electron chi connectivity index (χ3n) is 7.60. The Kier molecular flexibility index (Phi) is 7.10. The molecule has 1 aliphatic carbocycles. The molecule has 0 saturated carbocycles. The number of H-pyrrole nitrogens is 1. The van der Waals surface area contributed by atoms with Crippen molar-refractivity contribution in [2.24, 2.45) is 5.92 Å². The number of piperidine rings is 1. The van der Waals surface area contributed by atoms with Gasteiger partial charge >= 0.3 is 0 Å². The van der Waals surface area contributed by atoms with Crippen LogP contribution in [0.15, 0.2) is 48.5 Å². The number of hydrogen-bond acceptors (Lipinski definition) is 4. The topological polar surface area (TPSA) is 38.4 Å². The molecule has 1 N–H and O–H groups in total. The fourth-order valence-electron chi connectivity index (χ4n) is 5.80. The summed E-state index contributed by atoms with van der Waals surface area (Å²) in [6, 6.07) is 18.1. The molecule has 5 rings (SSSR count). The highest BCUT2D eigenvalue weighted by atomic mass is 15.2. The molecule has 5 nitrogen and oxygen atoms in total. The average molecular weight is 446 g/mol. The maximum Gasteiger partial charge on any atom is 0.121 e. The molecule has 0 atom stereocenters. The van der Waals surface area contributed by atoms with Crippen molar-refractivity contribution in [3.63, 3.8) is 0 Å². The zero-order valence-electron chi connectivity index (χ0n) is 20.3. The molecule has 0 radical (unpaired) electrons. The highest BCUT2D eigenvalue weighted by Crippen LogP contribution is 2.29. The molecule has 0 bridgehead atoms. The SMILES string of the molecule is CN(C)CCCN(Cc1nc2ccccc2[nH]1)CC1CCN(C2Cc3ccccc3C2)CC1. The Hall–Kier alpha value is -2.21. The number of fused-ring (bicyclic) bond motifs is 2. The molecule has 1 saturated heterocycles. The van der Waals surface area contributed by atoms with E-state index in [0.717, 1.165) is 48.5 Å². The van der Waals surface area contributed by atoms with Crippen molar-refractivity contribution < 1.29 is 0 Å². The number of nitrogens with zero attached hydrogens (tertiary/aromatic N) is 4. The summed E-state index contributed by atoms with van der Waals surface area (Å²) in [5, 5.41) is 0. The molecule has 1 fully saturated rings. The summed E-state index contributed by atoms with van der Waals surface area (Å²) in [4.78, 5) is 16.1. The Morgan fingerprint density at radius 1 is 0.939 bits per heavy atom. The number of rotatable bonds is 9. The standard InChI is InChI=1S/C28H39N5/c1-31(2)14-7-15-32(21-28-29-26-10-5-6-11-27(26)30-28)20-22-12-16-33(17-13-22)25-18-23-8-3-4-9-24(23)19-25/h3-6,8-11,22,25H,7,12-21H2,1-2H3,(H,29,30). The van der Waals surface area contributed by atoms with Crippen LogP contribution in [-0.4, -0.2) is 77.5 Å². The second kappa shape index (κ2) is 10.4.